The molecule has 0 N–H and O–H groups in total. The van der Waals surface area contributed by atoms with Crippen molar-refractivity contribution in [3.8, 4) is 0 Å². The molecule has 1 unspecified atom stereocenters. The summed E-state index contributed by atoms with van der Waals surface area (Å²) in [6.07, 6.45) is 97.1. The van der Waals surface area contributed by atoms with Crippen LogP contribution in [0.3, 0.4) is 0 Å². The molecule has 0 aliphatic carbocycles. The maximum Gasteiger partial charge on any atom is 0.306 e. The Morgan fingerprint density at radius 1 is 0.259 bits per heavy atom. The minimum absolute atomic E-state index is 0.0942. The first-order valence-electron chi connectivity index (χ1n) is 33.3. The van der Waals surface area contributed by atoms with E-state index in [9.17, 15) is 14.4 Å². The fourth-order valence-electron chi connectivity index (χ4n) is 8.88. The van der Waals surface area contributed by atoms with E-state index in [0.717, 1.165) is 161 Å². The van der Waals surface area contributed by atoms with E-state index < -0.39 is 6.10 Å². The summed E-state index contributed by atoms with van der Waals surface area (Å²) in [6.45, 7) is 6.37. The fraction of sp³-hybridized carbons (Fsp3) is 0.640. The van der Waals surface area contributed by atoms with Crippen LogP contribution in [0.1, 0.15) is 290 Å². The number of hydrogen-bond donors (Lipinski definition) is 0. The van der Waals surface area contributed by atoms with Gasteiger partial charge in [0.2, 0.25) is 0 Å². The number of allylic oxidation sites excluding steroid dienone is 24. The van der Waals surface area contributed by atoms with Crippen molar-refractivity contribution < 1.29 is 28.6 Å². The van der Waals surface area contributed by atoms with Crippen LogP contribution in [0.2, 0.25) is 0 Å². The lowest BCUT2D eigenvalue weighted by Crippen LogP contribution is -2.30. The number of unbranched alkanes of at least 4 members (excludes halogenated alkanes) is 24. The molecule has 0 aromatic heterocycles. The number of esters is 3. The van der Waals surface area contributed by atoms with E-state index >= 15 is 0 Å². The van der Waals surface area contributed by atoms with Gasteiger partial charge < -0.3 is 14.2 Å². The van der Waals surface area contributed by atoms with Gasteiger partial charge in [0.25, 0.3) is 0 Å². The highest BCUT2D eigenvalue weighted by Crippen LogP contribution is 2.15. The lowest BCUT2D eigenvalue weighted by Gasteiger charge is -2.18. The number of carbonyl (C=O) groups is 3. The molecule has 0 spiro atoms. The average Bonchev–Trinajstić information content (AvgIpc) is 3.47. The maximum absolute atomic E-state index is 12.9. The predicted molar refractivity (Wildman–Crippen MR) is 352 cm³/mol. The van der Waals surface area contributed by atoms with Crippen LogP contribution in [0, 0.1) is 0 Å². The van der Waals surface area contributed by atoms with Gasteiger partial charge in [-0.05, 0) is 141 Å². The minimum Gasteiger partial charge on any atom is -0.462 e. The molecule has 0 rings (SSSR count). The summed E-state index contributed by atoms with van der Waals surface area (Å²) in [5.41, 5.74) is 0. The minimum atomic E-state index is -0.799. The third-order valence-electron chi connectivity index (χ3n) is 13.8. The molecular weight excluding hydrogens is 997 g/mol. The molecule has 0 aromatic carbocycles. The van der Waals surface area contributed by atoms with E-state index in [-0.39, 0.29) is 31.1 Å². The number of hydrogen-bond acceptors (Lipinski definition) is 6. The van der Waals surface area contributed by atoms with Gasteiger partial charge in [-0.1, -0.05) is 276 Å². The molecule has 0 heterocycles. The summed E-state index contributed by atoms with van der Waals surface area (Å²) in [4.78, 5) is 38.4. The van der Waals surface area contributed by atoms with Crippen molar-refractivity contribution in [1.82, 2.24) is 0 Å². The van der Waals surface area contributed by atoms with E-state index in [0.29, 0.717) is 19.3 Å². The Morgan fingerprint density at radius 3 is 0.753 bits per heavy atom. The molecule has 0 saturated carbocycles. The first kappa shape index (κ1) is 76.3. The first-order valence-corrected chi connectivity index (χ1v) is 33.3. The average molecular weight is 1120 g/mol. The van der Waals surface area contributed by atoms with Crippen LogP contribution in [0.4, 0.5) is 0 Å². The molecule has 458 valence electrons. The summed E-state index contributed by atoms with van der Waals surface area (Å²) in [5, 5.41) is 0. The smallest absolute Gasteiger partial charge is 0.306 e. The molecule has 0 aliphatic rings. The highest BCUT2D eigenvalue weighted by molar-refractivity contribution is 5.71. The van der Waals surface area contributed by atoms with Crippen LogP contribution in [-0.2, 0) is 28.6 Å². The number of rotatable bonds is 59. The van der Waals surface area contributed by atoms with Gasteiger partial charge in [0.05, 0.1) is 0 Å². The Labute approximate surface area is 499 Å². The van der Waals surface area contributed by atoms with Crippen molar-refractivity contribution in [2.45, 2.75) is 297 Å². The second-order valence-corrected chi connectivity index (χ2v) is 21.6. The van der Waals surface area contributed by atoms with Crippen LogP contribution in [0.25, 0.3) is 0 Å². The molecule has 0 radical (unpaired) electrons. The molecular formula is C75H122O6. The Hall–Kier alpha value is -4.71. The molecule has 0 aromatic rings. The van der Waals surface area contributed by atoms with Gasteiger partial charge in [0.1, 0.15) is 13.2 Å². The van der Waals surface area contributed by atoms with E-state index in [2.05, 4.69) is 167 Å². The van der Waals surface area contributed by atoms with Crippen molar-refractivity contribution in [3.05, 3.63) is 146 Å². The third kappa shape index (κ3) is 66.0. The van der Waals surface area contributed by atoms with Gasteiger partial charge >= 0.3 is 17.9 Å². The van der Waals surface area contributed by atoms with Gasteiger partial charge in [-0.25, -0.2) is 0 Å². The topological polar surface area (TPSA) is 78.9 Å². The quantitative estimate of drug-likeness (QED) is 0.0261. The van der Waals surface area contributed by atoms with Gasteiger partial charge in [0.15, 0.2) is 6.10 Å². The van der Waals surface area contributed by atoms with E-state index in [1.165, 1.54) is 89.9 Å². The highest BCUT2D eigenvalue weighted by atomic mass is 16.6. The SMILES string of the molecule is CC/C=C\C/C=C\C/C=C\C/C=C\C/C=C\C/C=C\C/C=C\CCCCCCCCCCCC(=O)OCC(COC(=O)CCCCCCC/C=C\C/C=C\C/C=C\CC)OC(=O)CCCCCCCCC/C=C\C/C=C\CCCCC. The van der Waals surface area contributed by atoms with Crippen LogP contribution in [0.5, 0.6) is 0 Å². The fourth-order valence-corrected chi connectivity index (χ4v) is 8.88. The summed E-state index contributed by atoms with van der Waals surface area (Å²) in [5.74, 6) is -0.922. The first-order chi connectivity index (χ1) is 40.0. The van der Waals surface area contributed by atoms with Crippen molar-refractivity contribution >= 4 is 17.9 Å². The maximum atomic E-state index is 12.9. The Bertz CT molecular complexity index is 1760. The largest absolute Gasteiger partial charge is 0.462 e. The summed E-state index contributed by atoms with van der Waals surface area (Å²) in [7, 11) is 0. The number of ether oxygens (including phenoxy) is 3. The standard InChI is InChI=1S/C75H122O6/c1-4-7-10-13-16-19-22-25-28-30-31-32-33-34-35-36-37-38-39-40-41-42-43-45-47-50-53-56-59-62-65-68-74(77)80-71-72(70-79-73(76)67-64-61-58-55-52-49-46-27-24-21-18-15-12-9-6-3)81-75(78)69-66-63-60-57-54-51-48-44-29-26-23-20-17-14-11-8-5-2/h7,9-10,12,16-21,25-29,31-32,34-35,37-38,40-41,46,72H,4-6,8,11,13-15,22-24,30,33,36,39,42-45,47-71H2,1-3H3/b10-7-,12-9-,19-16-,20-17-,21-18-,28-25-,29-26-,32-31-,35-34-,38-37-,41-40-,46-27-. The molecule has 0 fully saturated rings. The van der Waals surface area contributed by atoms with Crippen LogP contribution in [-0.4, -0.2) is 37.2 Å². The van der Waals surface area contributed by atoms with E-state index in [4.69, 9.17) is 14.2 Å². The second-order valence-electron chi connectivity index (χ2n) is 21.6. The summed E-state index contributed by atoms with van der Waals surface area (Å²) in [6, 6.07) is 0. The highest BCUT2D eigenvalue weighted by Gasteiger charge is 2.19. The molecule has 0 saturated heterocycles. The monoisotopic (exact) mass is 1120 g/mol. The molecule has 0 bridgehead atoms. The summed E-state index contributed by atoms with van der Waals surface area (Å²) < 4.78 is 16.9. The Morgan fingerprint density at radius 2 is 0.481 bits per heavy atom. The van der Waals surface area contributed by atoms with Crippen LogP contribution in [0.15, 0.2) is 146 Å². The van der Waals surface area contributed by atoms with Crippen LogP contribution < -0.4 is 0 Å². The zero-order chi connectivity index (χ0) is 58.5. The van der Waals surface area contributed by atoms with Crippen molar-refractivity contribution in [3.63, 3.8) is 0 Å². The molecule has 6 heteroatoms. The van der Waals surface area contributed by atoms with E-state index in [1.807, 2.05) is 0 Å². The normalized spacial score (nSPS) is 13.1. The second kappa shape index (κ2) is 67.8. The van der Waals surface area contributed by atoms with Gasteiger partial charge in [-0.2, -0.15) is 0 Å². The Balaban J connectivity index is 4.34. The molecule has 1 atom stereocenters. The van der Waals surface area contributed by atoms with Crippen molar-refractivity contribution in [2.75, 3.05) is 13.2 Å². The molecule has 81 heavy (non-hydrogen) atoms. The van der Waals surface area contributed by atoms with Crippen molar-refractivity contribution in [2.24, 2.45) is 0 Å². The van der Waals surface area contributed by atoms with Crippen molar-refractivity contribution in [1.29, 1.82) is 0 Å². The third-order valence-corrected chi connectivity index (χ3v) is 13.8. The van der Waals surface area contributed by atoms with Crippen LogP contribution >= 0.6 is 0 Å². The lowest BCUT2D eigenvalue weighted by atomic mass is 10.1. The predicted octanol–water partition coefficient (Wildman–Crippen LogP) is 23.1. The Kier molecular flexibility index (Phi) is 63.9. The summed E-state index contributed by atoms with van der Waals surface area (Å²) >= 11 is 0. The van der Waals surface area contributed by atoms with Gasteiger partial charge in [0, 0.05) is 19.3 Å². The van der Waals surface area contributed by atoms with Gasteiger partial charge in [-0.3, -0.25) is 14.4 Å². The molecule has 0 amide bonds. The van der Waals surface area contributed by atoms with E-state index in [1.54, 1.807) is 0 Å². The molecule has 6 nitrogen and oxygen atoms in total. The zero-order valence-electron chi connectivity index (χ0n) is 52.5. The van der Waals surface area contributed by atoms with Gasteiger partial charge in [-0.15, -0.1) is 0 Å². The number of carbonyl (C=O) groups excluding carboxylic acids is 3. The molecule has 0 aliphatic heterocycles. The zero-order valence-corrected chi connectivity index (χ0v) is 52.5. The lowest BCUT2D eigenvalue weighted by molar-refractivity contribution is -0.167.